The molecule has 0 bridgehead atoms. The number of carbonyl (C=O) groups is 1. The van der Waals surface area contributed by atoms with Crippen LogP contribution in [0.25, 0.3) is 0 Å². The largest absolute Gasteiger partial charge is 0.360 e. The van der Waals surface area contributed by atoms with Crippen LogP contribution in [-0.2, 0) is 4.79 Å². The van der Waals surface area contributed by atoms with E-state index in [-0.39, 0.29) is 5.91 Å². The second-order valence-corrected chi connectivity index (χ2v) is 2.83. The summed E-state index contributed by atoms with van der Waals surface area (Å²) in [6.45, 7) is 3.60. The molecule has 1 heterocycles. The first-order chi connectivity index (χ1) is 6.13. The Bertz CT molecular complexity index is 295. The van der Waals surface area contributed by atoms with Crippen LogP contribution in [0.4, 0.5) is 5.82 Å². The van der Waals surface area contributed by atoms with Gasteiger partial charge in [-0.25, -0.2) is 0 Å². The number of anilines is 1. The van der Waals surface area contributed by atoms with Gasteiger partial charge >= 0.3 is 0 Å². The third-order valence-corrected chi connectivity index (χ3v) is 1.66. The highest BCUT2D eigenvalue weighted by Gasteiger charge is 2.12. The molecule has 0 aliphatic rings. The number of aryl methyl sites for hydroxylation is 1. The molecule has 0 spiro atoms. The Morgan fingerprint density at radius 3 is 3.00 bits per heavy atom. The Balaban J connectivity index is 2.54. The van der Waals surface area contributed by atoms with Gasteiger partial charge in [-0.1, -0.05) is 12.1 Å². The molecule has 0 fully saturated rings. The predicted octanol–water partition coefficient (Wildman–Crippen LogP) is 0.659. The summed E-state index contributed by atoms with van der Waals surface area (Å²) in [5.41, 5.74) is 5.50. The zero-order valence-electron chi connectivity index (χ0n) is 7.70. The minimum atomic E-state index is -0.489. The summed E-state index contributed by atoms with van der Waals surface area (Å²) in [6.07, 6.45) is 0.600. The van der Waals surface area contributed by atoms with Crippen molar-refractivity contribution < 1.29 is 9.32 Å². The number of rotatable bonds is 3. The van der Waals surface area contributed by atoms with Gasteiger partial charge in [0.15, 0.2) is 5.82 Å². The molecule has 1 aromatic heterocycles. The summed E-state index contributed by atoms with van der Waals surface area (Å²) in [5.74, 6) is 0.822. The van der Waals surface area contributed by atoms with Gasteiger partial charge in [0.1, 0.15) is 5.76 Å². The van der Waals surface area contributed by atoms with Crippen molar-refractivity contribution >= 4 is 11.7 Å². The predicted molar refractivity (Wildman–Crippen MR) is 48.1 cm³/mol. The van der Waals surface area contributed by atoms with E-state index in [0.29, 0.717) is 18.0 Å². The van der Waals surface area contributed by atoms with Crippen molar-refractivity contribution in [3.8, 4) is 0 Å². The molecule has 72 valence electrons. The first kappa shape index (κ1) is 9.73. The first-order valence-corrected chi connectivity index (χ1v) is 4.13. The Morgan fingerprint density at radius 1 is 1.85 bits per heavy atom. The van der Waals surface area contributed by atoms with Gasteiger partial charge in [0.25, 0.3) is 0 Å². The normalized spacial score (nSPS) is 12.5. The van der Waals surface area contributed by atoms with Gasteiger partial charge in [0.2, 0.25) is 5.91 Å². The molecule has 0 saturated heterocycles. The minimum Gasteiger partial charge on any atom is -0.360 e. The molecule has 0 aliphatic heterocycles. The van der Waals surface area contributed by atoms with Crippen LogP contribution >= 0.6 is 0 Å². The molecule has 3 N–H and O–H groups in total. The molecule has 1 atom stereocenters. The summed E-state index contributed by atoms with van der Waals surface area (Å²) in [5, 5.41) is 6.15. The van der Waals surface area contributed by atoms with Crippen LogP contribution in [0.1, 0.15) is 19.1 Å². The molecule has 13 heavy (non-hydrogen) atoms. The molecular formula is C8H13N3O2. The highest BCUT2D eigenvalue weighted by molar-refractivity contribution is 5.93. The van der Waals surface area contributed by atoms with E-state index in [2.05, 4.69) is 10.5 Å². The van der Waals surface area contributed by atoms with Crippen LogP contribution in [0.15, 0.2) is 10.6 Å². The maximum absolute atomic E-state index is 11.2. The Kier molecular flexibility index (Phi) is 3.02. The summed E-state index contributed by atoms with van der Waals surface area (Å²) in [6, 6.07) is 1.15. The lowest BCUT2D eigenvalue weighted by atomic mass is 10.2. The van der Waals surface area contributed by atoms with E-state index >= 15 is 0 Å². The fourth-order valence-corrected chi connectivity index (χ4v) is 0.830. The van der Waals surface area contributed by atoms with E-state index in [9.17, 15) is 4.79 Å². The van der Waals surface area contributed by atoms with Gasteiger partial charge < -0.3 is 15.6 Å². The lowest BCUT2D eigenvalue weighted by molar-refractivity contribution is -0.117. The van der Waals surface area contributed by atoms with Gasteiger partial charge in [-0.15, -0.1) is 0 Å². The zero-order chi connectivity index (χ0) is 9.84. The van der Waals surface area contributed by atoms with E-state index in [0.717, 1.165) is 0 Å². The molecule has 1 rings (SSSR count). The SMILES string of the molecule is CC[C@@H](N)C(=O)Nc1cc(C)on1. The molecule has 0 saturated carbocycles. The van der Waals surface area contributed by atoms with Crippen molar-refractivity contribution in [3.05, 3.63) is 11.8 Å². The lowest BCUT2D eigenvalue weighted by Gasteiger charge is -2.06. The van der Waals surface area contributed by atoms with Crippen molar-refractivity contribution in [1.29, 1.82) is 0 Å². The number of aromatic nitrogens is 1. The molecule has 5 nitrogen and oxygen atoms in total. The van der Waals surface area contributed by atoms with Crippen molar-refractivity contribution in [2.24, 2.45) is 5.73 Å². The molecule has 0 radical (unpaired) electrons. The van der Waals surface area contributed by atoms with E-state index in [4.69, 9.17) is 10.3 Å². The zero-order valence-corrected chi connectivity index (χ0v) is 7.70. The smallest absolute Gasteiger partial charge is 0.242 e. The topological polar surface area (TPSA) is 81.2 Å². The summed E-state index contributed by atoms with van der Waals surface area (Å²) in [7, 11) is 0. The Hall–Kier alpha value is -1.36. The van der Waals surface area contributed by atoms with Crippen LogP contribution in [0, 0.1) is 6.92 Å². The van der Waals surface area contributed by atoms with Crippen LogP contribution in [-0.4, -0.2) is 17.1 Å². The maximum atomic E-state index is 11.2. The third kappa shape index (κ3) is 2.55. The van der Waals surface area contributed by atoms with Gasteiger partial charge in [0, 0.05) is 6.07 Å². The van der Waals surface area contributed by atoms with Crippen LogP contribution in [0.5, 0.6) is 0 Å². The molecule has 1 amide bonds. The van der Waals surface area contributed by atoms with E-state index in [1.54, 1.807) is 13.0 Å². The average molecular weight is 183 g/mol. The quantitative estimate of drug-likeness (QED) is 0.721. The highest BCUT2D eigenvalue weighted by Crippen LogP contribution is 2.07. The fraction of sp³-hybridized carbons (Fsp3) is 0.500. The summed E-state index contributed by atoms with van der Waals surface area (Å²) >= 11 is 0. The number of nitrogens with zero attached hydrogens (tertiary/aromatic N) is 1. The van der Waals surface area contributed by atoms with Gasteiger partial charge in [-0.2, -0.15) is 0 Å². The average Bonchev–Trinajstić information content (AvgIpc) is 2.49. The number of nitrogens with two attached hydrogens (primary N) is 1. The van der Waals surface area contributed by atoms with Gasteiger partial charge in [-0.3, -0.25) is 4.79 Å². The van der Waals surface area contributed by atoms with Crippen molar-refractivity contribution in [2.75, 3.05) is 5.32 Å². The van der Waals surface area contributed by atoms with Crippen molar-refractivity contribution in [2.45, 2.75) is 26.3 Å². The summed E-state index contributed by atoms with van der Waals surface area (Å²) < 4.78 is 4.77. The Morgan fingerprint density at radius 2 is 2.54 bits per heavy atom. The van der Waals surface area contributed by atoms with Crippen molar-refractivity contribution in [3.63, 3.8) is 0 Å². The Labute approximate surface area is 76.3 Å². The van der Waals surface area contributed by atoms with Gasteiger partial charge in [-0.05, 0) is 13.3 Å². The van der Waals surface area contributed by atoms with Crippen LogP contribution < -0.4 is 11.1 Å². The minimum absolute atomic E-state index is 0.240. The van der Waals surface area contributed by atoms with E-state index in [1.165, 1.54) is 0 Å². The number of nitrogens with one attached hydrogen (secondary N) is 1. The molecule has 5 heteroatoms. The lowest BCUT2D eigenvalue weighted by Crippen LogP contribution is -2.34. The highest BCUT2D eigenvalue weighted by atomic mass is 16.5. The summed E-state index contributed by atoms with van der Waals surface area (Å²) in [4.78, 5) is 11.2. The molecule has 1 aromatic rings. The van der Waals surface area contributed by atoms with Gasteiger partial charge in [0.05, 0.1) is 6.04 Å². The molecular weight excluding hydrogens is 170 g/mol. The van der Waals surface area contributed by atoms with Crippen LogP contribution in [0.2, 0.25) is 0 Å². The third-order valence-electron chi connectivity index (χ3n) is 1.66. The maximum Gasteiger partial charge on any atom is 0.242 e. The molecule has 0 unspecified atom stereocenters. The molecule has 0 aromatic carbocycles. The monoisotopic (exact) mass is 183 g/mol. The van der Waals surface area contributed by atoms with Crippen LogP contribution in [0.3, 0.4) is 0 Å². The number of hydrogen-bond acceptors (Lipinski definition) is 4. The second kappa shape index (κ2) is 4.04. The standard InChI is InChI=1S/C8H13N3O2/c1-3-6(9)8(12)10-7-4-5(2)13-11-7/h4,6H,3,9H2,1-2H3,(H,10,11,12)/t6-/m1/s1. The fourth-order valence-electron chi connectivity index (χ4n) is 0.830. The second-order valence-electron chi connectivity index (χ2n) is 2.83. The van der Waals surface area contributed by atoms with E-state index < -0.39 is 6.04 Å². The number of carbonyl (C=O) groups excluding carboxylic acids is 1. The first-order valence-electron chi connectivity index (χ1n) is 4.13. The van der Waals surface area contributed by atoms with Crippen molar-refractivity contribution in [1.82, 2.24) is 5.16 Å². The number of hydrogen-bond donors (Lipinski definition) is 2. The van der Waals surface area contributed by atoms with E-state index in [1.807, 2.05) is 6.92 Å². The number of amides is 1. The molecule has 0 aliphatic carbocycles.